The molecule has 1 aromatic heterocycles. The molecule has 2 N–H and O–H groups in total. The summed E-state index contributed by atoms with van der Waals surface area (Å²) >= 11 is 0. The summed E-state index contributed by atoms with van der Waals surface area (Å²) in [4.78, 5) is 18.5. The summed E-state index contributed by atoms with van der Waals surface area (Å²) in [7, 11) is -0.272. The van der Waals surface area contributed by atoms with E-state index in [2.05, 4.69) is 113 Å². The van der Waals surface area contributed by atoms with Crippen LogP contribution in [0.4, 0.5) is 11.4 Å². The second-order valence-corrected chi connectivity index (χ2v) is 20.1. The van der Waals surface area contributed by atoms with Gasteiger partial charge < -0.3 is 24.8 Å². The zero-order valence-electron chi connectivity index (χ0n) is 31.1. The van der Waals surface area contributed by atoms with Crippen LogP contribution in [0.1, 0.15) is 43.9 Å². The Labute approximate surface area is 309 Å². The summed E-state index contributed by atoms with van der Waals surface area (Å²) in [6.07, 6.45) is 7.01. The van der Waals surface area contributed by atoms with Gasteiger partial charge in [-0.25, -0.2) is 0 Å². The minimum atomic E-state index is -1.98. The monoisotopic (exact) mass is 722 g/mol. The van der Waals surface area contributed by atoms with Crippen molar-refractivity contribution in [3.8, 4) is 5.75 Å². The zero-order valence-corrected chi connectivity index (χ0v) is 32.1. The molecule has 10 nitrogen and oxygen atoms in total. The second kappa shape index (κ2) is 15.5. The van der Waals surface area contributed by atoms with Crippen LogP contribution in [0.15, 0.2) is 85.1 Å². The van der Waals surface area contributed by atoms with Crippen molar-refractivity contribution in [3.05, 3.63) is 96.3 Å². The van der Waals surface area contributed by atoms with Crippen LogP contribution < -0.4 is 25.0 Å². The Morgan fingerprint density at radius 3 is 2.37 bits per heavy atom. The molecule has 3 aliphatic heterocycles. The molecule has 276 valence electrons. The highest BCUT2D eigenvalue weighted by Gasteiger charge is 2.53. The maximum Gasteiger partial charge on any atom is 0.254 e. The Hall–Kier alpha value is -4.03. The molecule has 1 spiro atoms. The van der Waals surface area contributed by atoms with Crippen LogP contribution in [0, 0.1) is 5.92 Å². The topological polar surface area (TPSA) is 105 Å². The number of piperidine rings is 1. The van der Waals surface area contributed by atoms with Crippen LogP contribution in [0.3, 0.4) is 0 Å². The standard InChI is InChI=1S/C41H54N6O4Si/c1-30-37(51-38(20-26-45-28-32(21-27-48)43-44-45)39(30)52(3,4)36-17-15-35(50-2)16-18-36)19-12-31-10-13-33(14-11-31)46-29-47(34-8-6-5-7-9-34)41(40(46)49)22-24-42-25-23-41/h5-11,13-18,28,30,37-39,42,48H,12,19-27,29H2,1-4H3/t30-,37+,38-,39+/m0/s1. The van der Waals surface area contributed by atoms with Gasteiger partial charge in [0.2, 0.25) is 0 Å². The first-order chi connectivity index (χ1) is 25.2. The predicted octanol–water partition coefficient (Wildman–Crippen LogP) is 5.17. The van der Waals surface area contributed by atoms with Gasteiger partial charge in [0.05, 0.1) is 39.8 Å². The van der Waals surface area contributed by atoms with Crippen molar-refractivity contribution < 1.29 is 19.4 Å². The normalized spacial score (nSPS) is 23.1. The highest BCUT2D eigenvalue weighted by atomic mass is 28.3. The molecular weight excluding hydrogens is 669 g/mol. The summed E-state index contributed by atoms with van der Waals surface area (Å²) in [5.41, 5.74) is 4.04. The third-order valence-electron chi connectivity index (χ3n) is 12.1. The highest BCUT2D eigenvalue weighted by Crippen LogP contribution is 2.47. The van der Waals surface area contributed by atoms with Gasteiger partial charge in [0.15, 0.2) is 0 Å². The van der Waals surface area contributed by atoms with Crippen molar-refractivity contribution in [2.45, 2.75) is 88.4 Å². The lowest BCUT2D eigenvalue weighted by Crippen LogP contribution is -2.55. The van der Waals surface area contributed by atoms with Crippen molar-refractivity contribution in [2.75, 3.05) is 43.3 Å². The van der Waals surface area contributed by atoms with E-state index in [1.807, 2.05) is 21.8 Å². The average Bonchev–Trinajstić information content (AvgIpc) is 3.84. The van der Waals surface area contributed by atoms with Gasteiger partial charge in [-0.1, -0.05) is 72.9 Å². The molecule has 11 heteroatoms. The fourth-order valence-electron chi connectivity index (χ4n) is 9.17. The first kappa shape index (κ1) is 36.3. The van der Waals surface area contributed by atoms with Crippen molar-refractivity contribution in [1.82, 2.24) is 20.3 Å². The minimum Gasteiger partial charge on any atom is -0.497 e. The quantitative estimate of drug-likeness (QED) is 0.183. The molecule has 4 aromatic rings. The van der Waals surface area contributed by atoms with E-state index in [1.165, 1.54) is 10.8 Å². The minimum absolute atomic E-state index is 0.0674. The van der Waals surface area contributed by atoms with E-state index < -0.39 is 13.6 Å². The molecule has 3 aromatic carbocycles. The number of para-hydroxylation sites is 1. The lowest BCUT2D eigenvalue weighted by molar-refractivity contribution is -0.122. The van der Waals surface area contributed by atoms with Gasteiger partial charge in [-0.05, 0) is 98.6 Å². The van der Waals surface area contributed by atoms with E-state index in [4.69, 9.17) is 9.47 Å². The molecule has 0 bridgehead atoms. The molecule has 52 heavy (non-hydrogen) atoms. The summed E-state index contributed by atoms with van der Waals surface area (Å²) in [6.45, 7) is 10.4. The molecule has 3 aliphatic rings. The molecule has 0 saturated carbocycles. The first-order valence-electron chi connectivity index (χ1n) is 19.0. The number of rotatable bonds is 13. The third kappa shape index (κ3) is 7.16. The van der Waals surface area contributed by atoms with E-state index in [-0.39, 0.29) is 24.7 Å². The molecule has 1 amide bonds. The molecular formula is C41H54N6O4Si. The number of carbonyl (C=O) groups excluding carboxylic acids is 1. The molecule has 0 unspecified atom stereocenters. The highest BCUT2D eigenvalue weighted by molar-refractivity contribution is 6.91. The molecule has 3 fully saturated rings. The van der Waals surface area contributed by atoms with Crippen LogP contribution in [0.2, 0.25) is 18.6 Å². The largest absolute Gasteiger partial charge is 0.497 e. The van der Waals surface area contributed by atoms with E-state index in [0.717, 1.165) is 74.6 Å². The van der Waals surface area contributed by atoms with E-state index in [1.54, 1.807) is 7.11 Å². The van der Waals surface area contributed by atoms with Crippen LogP contribution in [-0.4, -0.2) is 85.3 Å². The number of hydrogen-bond acceptors (Lipinski definition) is 8. The zero-order chi connectivity index (χ0) is 36.3. The summed E-state index contributed by atoms with van der Waals surface area (Å²) < 4.78 is 14.4. The lowest BCUT2D eigenvalue weighted by atomic mass is 9.86. The molecule has 0 aliphatic carbocycles. The fourth-order valence-corrected chi connectivity index (χ4v) is 13.3. The predicted molar refractivity (Wildman–Crippen MR) is 208 cm³/mol. The lowest BCUT2D eigenvalue weighted by Gasteiger charge is -2.39. The number of aliphatic hydroxyl groups is 1. The number of amides is 1. The third-order valence-corrected chi connectivity index (χ3v) is 16.5. The van der Waals surface area contributed by atoms with Gasteiger partial charge in [-0.15, -0.1) is 5.10 Å². The van der Waals surface area contributed by atoms with Crippen LogP contribution in [0.25, 0.3) is 0 Å². The van der Waals surface area contributed by atoms with E-state index >= 15 is 0 Å². The Balaban J connectivity index is 1.05. The molecule has 3 saturated heterocycles. The number of ether oxygens (including phenoxy) is 2. The summed E-state index contributed by atoms with van der Waals surface area (Å²) in [5.74, 6) is 1.47. The SMILES string of the molecule is COc1ccc([Si](C)(C)[C@@H]2[C@@H](C)[C@@H](CCc3ccc(N4CN(c5ccccc5)C5(CCNCC5)C4=O)cc3)O[C@H]2CCn2cc(CCO)nn2)cc1. The Morgan fingerprint density at radius 1 is 0.942 bits per heavy atom. The maximum absolute atomic E-state index is 14.2. The van der Waals surface area contributed by atoms with Gasteiger partial charge in [0, 0.05) is 37.1 Å². The van der Waals surface area contributed by atoms with Gasteiger partial charge in [0.1, 0.15) is 11.3 Å². The first-order valence-corrected chi connectivity index (χ1v) is 22.1. The number of aromatic nitrogens is 3. The van der Waals surface area contributed by atoms with Gasteiger partial charge >= 0.3 is 0 Å². The molecule has 4 heterocycles. The van der Waals surface area contributed by atoms with Crippen LogP contribution >= 0.6 is 0 Å². The number of nitrogens with zero attached hydrogens (tertiary/aromatic N) is 5. The number of nitrogens with one attached hydrogen (secondary N) is 1. The second-order valence-electron chi connectivity index (χ2n) is 15.4. The van der Waals surface area contributed by atoms with Crippen LogP contribution in [-0.2, 0) is 28.9 Å². The van der Waals surface area contributed by atoms with E-state index in [9.17, 15) is 9.90 Å². The Bertz CT molecular complexity index is 1780. The summed E-state index contributed by atoms with van der Waals surface area (Å²) in [5, 5.41) is 22.8. The number of hydrogen-bond donors (Lipinski definition) is 2. The van der Waals surface area contributed by atoms with Crippen molar-refractivity contribution in [1.29, 1.82) is 0 Å². The maximum atomic E-state index is 14.2. The number of methoxy groups -OCH3 is 1. The number of anilines is 2. The number of carbonyl (C=O) groups is 1. The number of benzene rings is 3. The Kier molecular flexibility index (Phi) is 10.8. The van der Waals surface area contributed by atoms with Gasteiger partial charge in [0.25, 0.3) is 5.91 Å². The van der Waals surface area contributed by atoms with E-state index in [0.29, 0.717) is 24.5 Å². The summed E-state index contributed by atoms with van der Waals surface area (Å²) in [6, 6.07) is 27.7. The van der Waals surface area contributed by atoms with Crippen molar-refractivity contribution in [2.24, 2.45) is 5.92 Å². The Morgan fingerprint density at radius 2 is 1.67 bits per heavy atom. The number of aliphatic hydroxyl groups excluding tert-OH is 1. The van der Waals surface area contributed by atoms with Gasteiger partial charge in [-0.2, -0.15) is 0 Å². The van der Waals surface area contributed by atoms with Gasteiger partial charge in [-0.3, -0.25) is 14.4 Å². The molecule has 7 rings (SSSR count). The average molecular weight is 723 g/mol. The van der Waals surface area contributed by atoms with Crippen LogP contribution in [0.5, 0.6) is 5.75 Å². The number of aryl methyl sites for hydroxylation is 2. The van der Waals surface area contributed by atoms with Crippen molar-refractivity contribution in [3.63, 3.8) is 0 Å². The smallest absolute Gasteiger partial charge is 0.254 e. The molecule has 0 radical (unpaired) electrons. The van der Waals surface area contributed by atoms with Crippen molar-refractivity contribution >= 4 is 30.5 Å². The fraction of sp³-hybridized carbons (Fsp3) is 0.488. The molecule has 4 atom stereocenters.